The molecule has 0 atom stereocenters. The van der Waals surface area contributed by atoms with Crippen molar-refractivity contribution in [1.29, 1.82) is 0 Å². The Hall–Kier alpha value is -2.47. The molecule has 0 spiro atoms. The molecule has 31 heavy (non-hydrogen) atoms. The van der Waals surface area contributed by atoms with Crippen molar-refractivity contribution in [3.63, 3.8) is 0 Å². The molecular weight excluding hydrogens is 422 g/mol. The molecule has 0 saturated carbocycles. The summed E-state index contributed by atoms with van der Waals surface area (Å²) in [5, 5.41) is 15.7. The third kappa shape index (κ3) is 7.62. The number of rotatable bonds is 7. The van der Waals surface area contributed by atoms with Crippen molar-refractivity contribution in [1.82, 2.24) is 14.7 Å². The fraction of sp³-hybridized carbons (Fsp3) is 0.737. The number of carbonyl (C=O) groups is 2. The van der Waals surface area contributed by atoms with E-state index in [2.05, 4.69) is 24.7 Å². The fourth-order valence-electron chi connectivity index (χ4n) is 2.99. The van der Waals surface area contributed by atoms with Crippen molar-refractivity contribution in [2.75, 3.05) is 37.7 Å². The largest absolute Gasteiger partial charge is 0.444 e. The van der Waals surface area contributed by atoms with Crippen molar-refractivity contribution < 1.29 is 24.0 Å². The van der Waals surface area contributed by atoms with E-state index in [1.807, 2.05) is 0 Å². The highest BCUT2D eigenvalue weighted by molar-refractivity contribution is 6.76. The number of carbonyl (C=O) groups excluding carboxylic acids is 2. The van der Waals surface area contributed by atoms with E-state index < -0.39 is 24.7 Å². The number of Topliss-reactive ketones (excluding diaryl/α,β-unsaturated/α-hetero) is 1. The Kier molecular flexibility index (Phi) is 7.81. The van der Waals surface area contributed by atoms with Gasteiger partial charge in [0.05, 0.1) is 18.0 Å². The van der Waals surface area contributed by atoms with E-state index >= 15 is 0 Å². The zero-order valence-electron chi connectivity index (χ0n) is 19.2. The van der Waals surface area contributed by atoms with Gasteiger partial charge in [0.1, 0.15) is 18.5 Å². The Bertz CT molecular complexity index is 814. The Morgan fingerprint density at radius 2 is 1.94 bits per heavy atom. The topological polar surface area (TPSA) is 120 Å². The van der Waals surface area contributed by atoms with Crippen LogP contribution in [0.25, 0.3) is 0 Å². The van der Waals surface area contributed by atoms with Gasteiger partial charge in [-0.05, 0) is 26.8 Å². The zero-order valence-corrected chi connectivity index (χ0v) is 20.2. The molecule has 2 heterocycles. The molecule has 0 aromatic carbocycles. The predicted octanol–water partition coefficient (Wildman–Crippen LogP) is 2.73. The molecule has 1 saturated heterocycles. The van der Waals surface area contributed by atoms with Crippen LogP contribution in [0.3, 0.4) is 0 Å². The lowest BCUT2D eigenvalue weighted by Crippen LogP contribution is -2.40. The normalized spacial score (nSPS) is 15.7. The van der Waals surface area contributed by atoms with Crippen LogP contribution in [0.4, 0.5) is 16.3 Å². The van der Waals surface area contributed by atoms with Gasteiger partial charge in [0.2, 0.25) is 5.82 Å². The third-order valence-electron chi connectivity index (χ3n) is 4.53. The molecule has 11 nitrogen and oxygen atoms in total. The first kappa shape index (κ1) is 24.8. The second kappa shape index (κ2) is 9.77. The molecule has 1 aliphatic heterocycles. The van der Waals surface area contributed by atoms with E-state index in [1.54, 1.807) is 25.7 Å². The minimum atomic E-state index is -1.27. The van der Waals surface area contributed by atoms with Gasteiger partial charge in [0.25, 0.3) is 0 Å². The van der Waals surface area contributed by atoms with Gasteiger partial charge in [-0.25, -0.2) is 9.48 Å². The summed E-state index contributed by atoms with van der Waals surface area (Å²) in [6, 6.07) is 0.957. The van der Waals surface area contributed by atoms with Crippen LogP contribution in [-0.2, 0) is 21.0 Å². The van der Waals surface area contributed by atoms with Gasteiger partial charge < -0.3 is 14.4 Å². The molecule has 1 aromatic rings. The SMILES string of the molecule is CC(C)(C)OC(=O)N1CCN(c2c([N+](=O)[O-])cnn2COCC[Si](C)(C)C)CC(=O)C1. The fourth-order valence-corrected chi connectivity index (χ4v) is 3.74. The van der Waals surface area contributed by atoms with Gasteiger partial charge in [0, 0.05) is 27.8 Å². The number of amides is 1. The minimum absolute atomic E-state index is 0.0497. The number of nitro groups is 1. The average molecular weight is 456 g/mol. The first-order valence-electron chi connectivity index (χ1n) is 10.3. The monoisotopic (exact) mass is 455 g/mol. The summed E-state index contributed by atoms with van der Waals surface area (Å²) in [5.74, 6) is -0.0394. The van der Waals surface area contributed by atoms with Crippen LogP contribution in [-0.4, -0.2) is 77.9 Å². The molecule has 0 radical (unpaired) electrons. The summed E-state index contributed by atoms with van der Waals surface area (Å²) < 4.78 is 12.5. The van der Waals surface area contributed by atoms with Crippen LogP contribution in [0, 0.1) is 10.1 Å². The highest BCUT2D eigenvalue weighted by Gasteiger charge is 2.32. The second-order valence-electron chi connectivity index (χ2n) is 9.82. The van der Waals surface area contributed by atoms with Crippen LogP contribution in [0.15, 0.2) is 6.20 Å². The number of hydrogen-bond donors (Lipinski definition) is 0. The minimum Gasteiger partial charge on any atom is -0.444 e. The molecule has 12 heteroatoms. The van der Waals surface area contributed by atoms with E-state index in [4.69, 9.17) is 9.47 Å². The summed E-state index contributed by atoms with van der Waals surface area (Å²) in [4.78, 5) is 38.8. The van der Waals surface area contributed by atoms with Crippen LogP contribution in [0.5, 0.6) is 0 Å². The number of hydrogen-bond acceptors (Lipinski definition) is 8. The standard InChI is InChI=1S/C19H33N5O6Si/c1-19(2,3)30-18(26)22-8-7-21(12-15(25)13-22)17-16(24(27)28)11-20-23(17)14-29-9-10-31(4,5)6/h11H,7-10,12-14H2,1-6H3. The summed E-state index contributed by atoms with van der Waals surface area (Å²) in [6.07, 6.45) is 0.582. The maximum atomic E-state index is 12.5. The van der Waals surface area contributed by atoms with Crippen molar-refractivity contribution in [3.05, 3.63) is 16.3 Å². The van der Waals surface area contributed by atoms with E-state index in [-0.39, 0.29) is 50.2 Å². The molecule has 2 rings (SSSR count). The number of anilines is 1. The maximum absolute atomic E-state index is 12.5. The quantitative estimate of drug-likeness (QED) is 0.266. The summed E-state index contributed by atoms with van der Waals surface area (Å²) in [5.41, 5.74) is -0.885. The number of ether oxygens (including phenoxy) is 2. The van der Waals surface area contributed by atoms with Gasteiger partial charge in [-0.3, -0.25) is 19.8 Å². The Morgan fingerprint density at radius 1 is 1.26 bits per heavy atom. The highest BCUT2D eigenvalue weighted by Crippen LogP contribution is 2.29. The van der Waals surface area contributed by atoms with Crippen LogP contribution < -0.4 is 4.90 Å². The summed E-state index contributed by atoms with van der Waals surface area (Å²) in [6.45, 7) is 12.8. The maximum Gasteiger partial charge on any atom is 0.410 e. The Labute approximate surface area is 183 Å². The number of nitrogens with zero attached hydrogens (tertiary/aromatic N) is 5. The molecule has 1 aromatic heterocycles. The molecule has 0 N–H and O–H groups in total. The van der Waals surface area contributed by atoms with Crippen molar-refractivity contribution in [2.24, 2.45) is 0 Å². The van der Waals surface area contributed by atoms with Crippen molar-refractivity contribution >= 4 is 31.5 Å². The lowest BCUT2D eigenvalue weighted by atomic mass is 10.2. The van der Waals surface area contributed by atoms with Crippen molar-refractivity contribution in [3.8, 4) is 0 Å². The second-order valence-corrected chi connectivity index (χ2v) is 15.4. The molecule has 174 valence electrons. The van der Waals surface area contributed by atoms with Gasteiger partial charge in [-0.15, -0.1) is 0 Å². The first-order valence-corrected chi connectivity index (χ1v) is 14.0. The molecule has 1 amide bonds. The highest BCUT2D eigenvalue weighted by atomic mass is 28.3. The molecule has 0 aliphatic carbocycles. The zero-order chi connectivity index (χ0) is 23.4. The smallest absolute Gasteiger partial charge is 0.410 e. The van der Waals surface area contributed by atoms with E-state index in [0.717, 1.165) is 12.2 Å². The van der Waals surface area contributed by atoms with E-state index in [1.165, 1.54) is 9.58 Å². The summed E-state index contributed by atoms with van der Waals surface area (Å²) in [7, 11) is -1.27. The van der Waals surface area contributed by atoms with E-state index in [9.17, 15) is 19.7 Å². The molecular formula is C19H33N5O6Si. The molecule has 1 fully saturated rings. The van der Waals surface area contributed by atoms with E-state index in [0.29, 0.717) is 6.61 Å². The van der Waals surface area contributed by atoms with Gasteiger partial charge in [-0.1, -0.05) is 19.6 Å². The molecule has 1 aliphatic rings. The summed E-state index contributed by atoms with van der Waals surface area (Å²) >= 11 is 0. The molecule has 0 bridgehead atoms. The van der Waals surface area contributed by atoms with Crippen LogP contribution in [0.1, 0.15) is 20.8 Å². The van der Waals surface area contributed by atoms with Crippen molar-refractivity contribution in [2.45, 2.75) is 58.8 Å². The lowest BCUT2D eigenvalue weighted by molar-refractivity contribution is -0.384. The Morgan fingerprint density at radius 3 is 2.52 bits per heavy atom. The van der Waals surface area contributed by atoms with Gasteiger partial charge in [-0.2, -0.15) is 5.10 Å². The molecule has 0 unspecified atom stereocenters. The Balaban J connectivity index is 2.16. The average Bonchev–Trinajstić information content (AvgIpc) is 2.92. The number of ketones is 1. The van der Waals surface area contributed by atoms with Crippen LogP contribution >= 0.6 is 0 Å². The van der Waals surface area contributed by atoms with Crippen LogP contribution in [0.2, 0.25) is 25.7 Å². The number of aromatic nitrogens is 2. The third-order valence-corrected chi connectivity index (χ3v) is 6.23. The van der Waals surface area contributed by atoms with Gasteiger partial charge >= 0.3 is 11.8 Å². The van der Waals surface area contributed by atoms with Gasteiger partial charge in [0.15, 0.2) is 5.78 Å². The lowest BCUT2D eigenvalue weighted by Gasteiger charge is -2.26. The first-order chi connectivity index (χ1) is 14.3. The predicted molar refractivity (Wildman–Crippen MR) is 118 cm³/mol.